The van der Waals surface area contributed by atoms with Crippen molar-refractivity contribution in [1.29, 1.82) is 0 Å². The van der Waals surface area contributed by atoms with Gasteiger partial charge in [-0.05, 0) is 37.1 Å². The molecule has 1 aliphatic heterocycles. The number of carbonyl (C=O) groups is 1. The van der Waals surface area contributed by atoms with Crippen LogP contribution in [0.25, 0.3) is 0 Å². The molecular formula is C16H16ClFN4O2. The van der Waals surface area contributed by atoms with Crippen LogP contribution in [0.3, 0.4) is 0 Å². The van der Waals surface area contributed by atoms with Crippen molar-refractivity contribution < 1.29 is 13.9 Å². The second-order valence-electron chi connectivity index (χ2n) is 5.36. The molecule has 1 aromatic heterocycles. The molecule has 1 unspecified atom stereocenters. The number of benzene rings is 1. The third-order valence-electron chi connectivity index (χ3n) is 3.58. The van der Waals surface area contributed by atoms with Crippen LogP contribution in [-0.4, -0.2) is 35.1 Å². The molecule has 2 heterocycles. The summed E-state index contributed by atoms with van der Waals surface area (Å²) < 4.78 is 18.6. The Bertz CT molecular complexity index is 738. The van der Waals surface area contributed by atoms with Gasteiger partial charge in [-0.1, -0.05) is 11.6 Å². The molecular weight excluding hydrogens is 335 g/mol. The van der Waals surface area contributed by atoms with E-state index in [1.807, 2.05) is 0 Å². The van der Waals surface area contributed by atoms with E-state index in [0.29, 0.717) is 12.2 Å². The average Bonchev–Trinajstić information content (AvgIpc) is 3.10. The standard InChI is InChI=1S/C16H16ClFN4O2/c17-12-8-10(3-4-13(12)18)21-16-19-6-5-14(22-16)15(23)20-9-11-2-1-7-24-11/h3-6,8,11H,1-2,7,9H2,(H,20,23)(H,19,21,22). The third kappa shape index (κ3) is 4.18. The Labute approximate surface area is 143 Å². The lowest BCUT2D eigenvalue weighted by molar-refractivity contribution is 0.0853. The normalized spacial score (nSPS) is 16.8. The summed E-state index contributed by atoms with van der Waals surface area (Å²) in [5.74, 6) is -0.582. The van der Waals surface area contributed by atoms with Crippen molar-refractivity contribution in [3.8, 4) is 0 Å². The van der Waals surface area contributed by atoms with Crippen LogP contribution in [0.15, 0.2) is 30.5 Å². The molecule has 0 aliphatic carbocycles. The summed E-state index contributed by atoms with van der Waals surface area (Å²) in [6, 6.07) is 5.69. The number of carbonyl (C=O) groups excluding carboxylic acids is 1. The molecule has 6 nitrogen and oxygen atoms in total. The number of hydrogen-bond donors (Lipinski definition) is 2. The molecule has 2 N–H and O–H groups in total. The predicted molar refractivity (Wildman–Crippen MR) is 88.0 cm³/mol. The van der Waals surface area contributed by atoms with Crippen molar-refractivity contribution >= 4 is 29.1 Å². The van der Waals surface area contributed by atoms with Crippen molar-refractivity contribution in [2.24, 2.45) is 0 Å². The molecule has 126 valence electrons. The van der Waals surface area contributed by atoms with E-state index in [0.717, 1.165) is 19.4 Å². The lowest BCUT2D eigenvalue weighted by atomic mass is 10.2. The highest BCUT2D eigenvalue weighted by Crippen LogP contribution is 2.21. The van der Waals surface area contributed by atoms with Gasteiger partial charge in [0.1, 0.15) is 11.5 Å². The fraction of sp³-hybridized carbons (Fsp3) is 0.312. The number of amides is 1. The zero-order chi connectivity index (χ0) is 16.9. The monoisotopic (exact) mass is 350 g/mol. The first kappa shape index (κ1) is 16.6. The van der Waals surface area contributed by atoms with Gasteiger partial charge >= 0.3 is 0 Å². The molecule has 24 heavy (non-hydrogen) atoms. The van der Waals surface area contributed by atoms with Crippen LogP contribution in [0, 0.1) is 5.82 Å². The van der Waals surface area contributed by atoms with Gasteiger partial charge in [-0.25, -0.2) is 14.4 Å². The minimum atomic E-state index is -0.509. The molecule has 1 atom stereocenters. The Morgan fingerprint density at radius 3 is 3.04 bits per heavy atom. The predicted octanol–water partition coefficient (Wildman–Crippen LogP) is 2.92. The zero-order valence-corrected chi connectivity index (χ0v) is 13.5. The van der Waals surface area contributed by atoms with Crippen LogP contribution in [0.1, 0.15) is 23.3 Å². The first-order valence-corrected chi connectivity index (χ1v) is 7.94. The molecule has 0 saturated carbocycles. The van der Waals surface area contributed by atoms with Crippen molar-refractivity contribution in [2.75, 3.05) is 18.5 Å². The van der Waals surface area contributed by atoms with Gasteiger partial charge in [0.2, 0.25) is 5.95 Å². The van der Waals surface area contributed by atoms with Gasteiger partial charge in [-0.2, -0.15) is 0 Å². The van der Waals surface area contributed by atoms with E-state index in [2.05, 4.69) is 20.6 Å². The summed E-state index contributed by atoms with van der Waals surface area (Å²) in [5.41, 5.74) is 0.761. The number of aromatic nitrogens is 2. The maximum atomic E-state index is 13.2. The number of anilines is 2. The highest BCUT2D eigenvalue weighted by molar-refractivity contribution is 6.31. The van der Waals surface area contributed by atoms with Crippen LogP contribution in [0.5, 0.6) is 0 Å². The highest BCUT2D eigenvalue weighted by Gasteiger charge is 2.17. The molecule has 0 bridgehead atoms. The van der Waals surface area contributed by atoms with E-state index in [4.69, 9.17) is 16.3 Å². The van der Waals surface area contributed by atoms with Crippen LogP contribution in [0.2, 0.25) is 5.02 Å². The lowest BCUT2D eigenvalue weighted by Crippen LogP contribution is -2.32. The summed E-state index contributed by atoms with van der Waals surface area (Å²) in [6.45, 7) is 1.20. The molecule has 1 saturated heterocycles. The first-order chi connectivity index (χ1) is 11.6. The Balaban J connectivity index is 1.64. The minimum absolute atomic E-state index is 0.00883. The van der Waals surface area contributed by atoms with Gasteiger partial charge in [0.25, 0.3) is 5.91 Å². The number of ether oxygens (including phenoxy) is 1. The molecule has 0 radical (unpaired) electrons. The summed E-state index contributed by atoms with van der Waals surface area (Å²) >= 11 is 5.73. The Hall–Kier alpha value is -2.25. The van der Waals surface area contributed by atoms with Gasteiger partial charge in [0, 0.05) is 25.0 Å². The van der Waals surface area contributed by atoms with Crippen LogP contribution in [0.4, 0.5) is 16.0 Å². The van der Waals surface area contributed by atoms with Crippen molar-refractivity contribution in [3.63, 3.8) is 0 Å². The molecule has 1 amide bonds. The molecule has 3 rings (SSSR count). The molecule has 0 spiro atoms. The smallest absolute Gasteiger partial charge is 0.270 e. The van der Waals surface area contributed by atoms with E-state index in [-0.39, 0.29) is 28.7 Å². The number of nitrogens with one attached hydrogen (secondary N) is 2. The minimum Gasteiger partial charge on any atom is -0.376 e. The largest absolute Gasteiger partial charge is 0.376 e. The summed E-state index contributed by atoms with van der Waals surface area (Å²) in [5, 5.41) is 5.67. The van der Waals surface area contributed by atoms with E-state index >= 15 is 0 Å². The van der Waals surface area contributed by atoms with Crippen LogP contribution < -0.4 is 10.6 Å². The lowest BCUT2D eigenvalue weighted by Gasteiger charge is -2.11. The highest BCUT2D eigenvalue weighted by atomic mass is 35.5. The van der Waals surface area contributed by atoms with E-state index in [1.54, 1.807) is 0 Å². The van der Waals surface area contributed by atoms with E-state index in [1.165, 1.54) is 30.5 Å². The first-order valence-electron chi connectivity index (χ1n) is 7.57. The van der Waals surface area contributed by atoms with Gasteiger partial charge in [0.15, 0.2) is 0 Å². The second kappa shape index (κ2) is 7.55. The van der Waals surface area contributed by atoms with E-state index in [9.17, 15) is 9.18 Å². The zero-order valence-electron chi connectivity index (χ0n) is 12.8. The van der Waals surface area contributed by atoms with Gasteiger partial charge in [-0.15, -0.1) is 0 Å². The van der Waals surface area contributed by atoms with Crippen molar-refractivity contribution in [1.82, 2.24) is 15.3 Å². The summed E-state index contributed by atoms with van der Waals surface area (Å²) in [7, 11) is 0. The Kier molecular flexibility index (Phi) is 5.22. The Morgan fingerprint density at radius 2 is 2.29 bits per heavy atom. The fourth-order valence-corrected chi connectivity index (χ4v) is 2.53. The van der Waals surface area contributed by atoms with Crippen LogP contribution in [-0.2, 0) is 4.74 Å². The second-order valence-corrected chi connectivity index (χ2v) is 5.77. The third-order valence-corrected chi connectivity index (χ3v) is 3.87. The average molecular weight is 351 g/mol. The van der Waals surface area contributed by atoms with Crippen molar-refractivity contribution in [2.45, 2.75) is 18.9 Å². The van der Waals surface area contributed by atoms with Crippen LogP contribution >= 0.6 is 11.6 Å². The number of nitrogens with zero attached hydrogens (tertiary/aromatic N) is 2. The van der Waals surface area contributed by atoms with Gasteiger partial charge in [-0.3, -0.25) is 4.79 Å². The number of hydrogen-bond acceptors (Lipinski definition) is 5. The maximum Gasteiger partial charge on any atom is 0.270 e. The molecule has 1 fully saturated rings. The molecule has 1 aromatic carbocycles. The molecule has 2 aromatic rings. The summed E-state index contributed by atoms with van der Waals surface area (Å²) in [6.07, 6.45) is 3.50. The summed E-state index contributed by atoms with van der Waals surface area (Å²) in [4.78, 5) is 20.3. The topological polar surface area (TPSA) is 76.1 Å². The van der Waals surface area contributed by atoms with Gasteiger partial charge in [0.05, 0.1) is 11.1 Å². The maximum absolute atomic E-state index is 13.2. The fourth-order valence-electron chi connectivity index (χ4n) is 2.35. The SMILES string of the molecule is O=C(NCC1CCCO1)c1ccnc(Nc2ccc(F)c(Cl)c2)n1. The number of rotatable bonds is 5. The molecule has 1 aliphatic rings. The van der Waals surface area contributed by atoms with Crippen molar-refractivity contribution in [3.05, 3.63) is 47.0 Å². The van der Waals surface area contributed by atoms with E-state index < -0.39 is 5.82 Å². The Morgan fingerprint density at radius 1 is 1.42 bits per heavy atom. The molecule has 8 heteroatoms. The quantitative estimate of drug-likeness (QED) is 0.867. The number of halogens is 2. The van der Waals surface area contributed by atoms with Gasteiger partial charge < -0.3 is 15.4 Å².